The summed E-state index contributed by atoms with van der Waals surface area (Å²) in [6, 6.07) is 8.80. The number of rotatable bonds is 7. The smallest absolute Gasteiger partial charge is 0.419 e. The van der Waals surface area contributed by atoms with Crippen molar-refractivity contribution in [3.05, 3.63) is 66.6 Å². The van der Waals surface area contributed by atoms with Crippen LogP contribution in [-0.2, 0) is 16.2 Å². The van der Waals surface area contributed by atoms with E-state index in [1.165, 1.54) is 26.4 Å². The number of urea groups is 1. The van der Waals surface area contributed by atoms with Crippen LogP contribution >= 0.6 is 0 Å². The summed E-state index contributed by atoms with van der Waals surface area (Å²) < 4.78 is 76.2. The normalized spacial score (nSPS) is 11.1. The molecule has 0 radical (unpaired) electrons. The molecule has 0 fully saturated rings. The number of anilines is 1. The van der Waals surface area contributed by atoms with E-state index in [4.69, 9.17) is 9.47 Å². The summed E-state index contributed by atoms with van der Waals surface area (Å²) in [7, 11) is -2.24. The molecule has 0 unspecified atom stereocenters. The Labute approximate surface area is 206 Å². The molecule has 0 atom stereocenters. The van der Waals surface area contributed by atoms with E-state index in [1.54, 1.807) is 24.0 Å². The quantitative estimate of drug-likeness (QED) is 0.491. The van der Waals surface area contributed by atoms with Gasteiger partial charge in [0.2, 0.25) is 5.88 Å². The van der Waals surface area contributed by atoms with Gasteiger partial charge in [-0.25, -0.2) is 14.5 Å². The summed E-state index contributed by atoms with van der Waals surface area (Å²) in [6.45, 7) is 1.73. The van der Waals surface area contributed by atoms with E-state index >= 15 is 0 Å². The van der Waals surface area contributed by atoms with Crippen LogP contribution in [0.1, 0.15) is 18.9 Å². The number of nitrogens with one attached hydrogen (secondary N) is 1. The van der Waals surface area contributed by atoms with E-state index in [0.717, 1.165) is 17.2 Å². The fourth-order valence-electron chi connectivity index (χ4n) is 2.72. The molecular formula is C22H24F3N5O5S. The van der Waals surface area contributed by atoms with Crippen LogP contribution in [0, 0.1) is 0 Å². The number of sulfonamides is 1. The summed E-state index contributed by atoms with van der Waals surface area (Å²) in [5, 5.41) is -1.31. The first-order valence-electron chi connectivity index (χ1n) is 10.3. The maximum Gasteiger partial charge on any atom is 0.419 e. The third-order valence-corrected chi connectivity index (χ3v) is 5.57. The van der Waals surface area contributed by atoms with E-state index in [9.17, 15) is 26.4 Å². The molecule has 0 aliphatic carbocycles. The van der Waals surface area contributed by atoms with Gasteiger partial charge in [0.05, 0.1) is 19.8 Å². The Kier molecular flexibility index (Phi) is 9.96. The average molecular weight is 528 g/mol. The summed E-state index contributed by atoms with van der Waals surface area (Å²) in [5.41, 5.74) is -1.49. The van der Waals surface area contributed by atoms with E-state index < -0.39 is 32.8 Å². The highest BCUT2D eigenvalue weighted by atomic mass is 32.2. The number of carbonyl (C=O) groups excluding carboxylic acids is 1. The molecule has 3 heterocycles. The van der Waals surface area contributed by atoms with Gasteiger partial charge < -0.3 is 9.47 Å². The van der Waals surface area contributed by atoms with Gasteiger partial charge in [-0.2, -0.15) is 26.6 Å². The van der Waals surface area contributed by atoms with Crippen LogP contribution in [-0.4, -0.2) is 50.2 Å². The van der Waals surface area contributed by atoms with E-state index in [-0.39, 0.29) is 24.0 Å². The highest BCUT2D eigenvalue weighted by Crippen LogP contribution is 2.33. The number of alkyl halides is 3. The van der Waals surface area contributed by atoms with Crippen molar-refractivity contribution < 1.29 is 35.9 Å². The van der Waals surface area contributed by atoms with Crippen molar-refractivity contribution in [3.8, 4) is 11.6 Å². The zero-order valence-electron chi connectivity index (χ0n) is 19.6. The van der Waals surface area contributed by atoms with E-state index in [1.807, 2.05) is 18.2 Å². The number of halogens is 3. The number of hydrogen-bond donors (Lipinski definition) is 1. The van der Waals surface area contributed by atoms with Gasteiger partial charge in [-0.05, 0) is 30.7 Å². The number of carbonyl (C=O) groups is 1. The fraction of sp³-hybridized carbons (Fsp3) is 0.273. The monoisotopic (exact) mass is 527 g/mol. The molecule has 3 rings (SSSR count). The summed E-state index contributed by atoms with van der Waals surface area (Å²) in [4.78, 5) is 24.8. The third-order valence-electron chi connectivity index (χ3n) is 4.29. The number of nitrogens with zero attached hydrogens (tertiary/aromatic N) is 4. The largest absolute Gasteiger partial charge is 0.496 e. The summed E-state index contributed by atoms with van der Waals surface area (Å²) in [6.07, 6.45) is -0.204. The van der Waals surface area contributed by atoms with Crippen LogP contribution in [0.3, 0.4) is 0 Å². The molecule has 1 N–H and O–H groups in total. The van der Waals surface area contributed by atoms with Crippen molar-refractivity contribution in [2.24, 2.45) is 0 Å². The molecule has 0 bridgehead atoms. The van der Waals surface area contributed by atoms with Crippen LogP contribution in [0.25, 0.3) is 0 Å². The molecule has 14 heteroatoms. The second kappa shape index (κ2) is 12.7. The van der Waals surface area contributed by atoms with Crippen molar-refractivity contribution in [2.75, 3.05) is 25.7 Å². The average Bonchev–Trinajstić information content (AvgIpc) is 2.87. The maximum atomic E-state index is 13.2. The molecule has 0 saturated carbocycles. The standard InChI is InChI=1S/C17H19F3N4O5S.C5H5N/c1-4-8-24(13-9-11(28-2)10-14(22-13)29-3)16(25)23-30(26,27)15-12(17(18,19)20)6-5-7-21-15;1-2-4-6-5-3-1/h5-7,9-10H,4,8H2,1-3H3,(H,23,25);1-5H. The zero-order chi connectivity index (χ0) is 26.8. The lowest BCUT2D eigenvalue weighted by Gasteiger charge is -2.22. The predicted molar refractivity (Wildman–Crippen MR) is 124 cm³/mol. The van der Waals surface area contributed by atoms with Gasteiger partial charge in [0.25, 0.3) is 10.0 Å². The molecule has 0 spiro atoms. The van der Waals surface area contributed by atoms with Gasteiger partial charge in [-0.3, -0.25) is 9.88 Å². The molecular weight excluding hydrogens is 503 g/mol. The molecule has 2 amide bonds. The Hall–Kier alpha value is -3.94. The van der Waals surface area contributed by atoms with Crippen LogP contribution < -0.4 is 19.1 Å². The molecule has 194 valence electrons. The Balaban J connectivity index is 0.000000662. The SMILES string of the molecule is CCCN(C(=O)NS(=O)(=O)c1ncccc1C(F)(F)F)c1cc(OC)cc(OC)n1.c1ccncc1. The molecule has 10 nitrogen and oxygen atoms in total. The molecule has 0 aliphatic rings. The van der Waals surface area contributed by atoms with Crippen molar-refractivity contribution in [1.82, 2.24) is 19.7 Å². The lowest BCUT2D eigenvalue weighted by molar-refractivity contribution is -0.140. The Morgan fingerprint density at radius 3 is 2.25 bits per heavy atom. The van der Waals surface area contributed by atoms with Gasteiger partial charge in [-0.15, -0.1) is 0 Å². The first-order valence-corrected chi connectivity index (χ1v) is 11.8. The molecule has 0 aliphatic heterocycles. The summed E-state index contributed by atoms with van der Waals surface area (Å²) >= 11 is 0. The topological polar surface area (TPSA) is 124 Å². The Bertz CT molecular complexity index is 1200. The maximum absolute atomic E-state index is 13.2. The molecule has 3 aromatic heterocycles. The first kappa shape index (κ1) is 28.3. The van der Waals surface area contributed by atoms with Gasteiger partial charge in [0.15, 0.2) is 5.03 Å². The van der Waals surface area contributed by atoms with Gasteiger partial charge in [0.1, 0.15) is 11.6 Å². The number of hydrogen-bond acceptors (Lipinski definition) is 8. The minimum absolute atomic E-state index is 0.0129. The Morgan fingerprint density at radius 2 is 1.75 bits per heavy atom. The van der Waals surface area contributed by atoms with E-state index in [0.29, 0.717) is 12.5 Å². The lowest BCUT2D eigenvalue weighted by atomic mass is 10.3. The second-order valence-electron chi connectivity index (χ2n) is 6.85. The highest BCUT2D eigenvalue weighted by Gasteiger charge is 2.39. The minimum atomic E-state index is -4.98. The van der Waals surface area contributed by atoms with Crippen molar-refractivity contribution >= 4 is 21.9 Å². The van der Waals surface area contributed by atoms with Crippen LogP contribution in [0.4, 0.5) is 23.8 Å². The number of aromatic nitrogens is 3. The van der Waals surface area contributed by atoms with Gasteiger partial charge in [-0.1, -0.05) is 13.0 Å². The zero-order valence-corrected chi connectivity index (χ0v) is 20.4. The van der Waals surface area contributed by atoms with Gasteiger partial charge >= 0.3 is 12.2 Å². The molecule has 36 heavy (non-hydrogen) atoms. The van der Waals surface area contributed by atoms with Crippen LogP contribution in [0.15, 0.2) is 66.1 Å². The lowest BCUT2D eigenvalue weighted by Crippen LogP contribution is -2.44. The number of methoxy groups -OCH3 is 2. The first-order chi connectivity index (χ1) is 17.0. The van der Waals surface area contributed by atoms with E-state index in [2.05, 4.69) is 15.0 Å². The number of ether oxygens (including phenoxy) is 2. The Morgan fingerprint density at radius 1 is 1.06 bits per heavy atom. The third kappa shape index (κ3) is 7.80. The summed E-state index contributed by atoms with van der Waals surface area (Å²) in [5.74, 6) is 0.348. The van der Waals surface area contributed by atoms with Crippen LogP contribution in [0.5, 0.6) is 11.6 Å². The second-order valence-corrected chi connectivity index (χ2v) is 8.45. The van der Waals surface area contributed by atoms with Crippen molar-refractivity contribution in [3.63, 3.8) is 0 Å². The molecule has 0 aromatic carbocycles. The van der Waals surface area contributed by atoms with Gasteiger partial charge in [0, 0.05) is 37.3 Å². The number of pyridine rings is 3. The fourth-order valence-corrected chi connectivity index (χ4v) is 3.83. The number of amides is 2. The molecule has 0 saturated heterocycles. The van der Waals surface area contributed by atoms with Crippen molar-refractivity contribution in [1.29, 1.82) is 0 Å². The van der Waals surface area contributed by atoms with Crippen LogP contribution in [0.2, 0.25) is 0 Å². The predicted octanol–water partition coefficient (Wildman–Crippen LogP) is 3.91. The minimum Gasteiger partial charge on any atom is -0.496 e. The molecule has 3 aromatic rings. The highest BCUT2D eigenvalue weighted by molar-refractivity contribution is 7.90. The van der Waals surface area contributed by atoms with Crippen molar-refractivity contribution in [2.45, 2.75) is 24.5 Å².